The lowest BCUT2D eigenvalue weighted by atomic mass is 9.90. The molecule has 2 unspecified atom stereocenters. The molecule has 2 heterocycles. The Balaban J connectivity index is 1.66. The summed E-state index contributed by atoms with van der Waals surface area (Å²) in [5.74, 6) is -2.17. The zero-order valence-corrected chi connectivity index (χ0v) is 15.8. The maximum Gasteiger partial charge on any atom is 0.311 e. The molecule has 0 bridgehead atoms. The van der Waals surface area contributed by atoms with Gasteiger partial charge in [0.15, 0.2) is 11.6 Å². The number of fused-ring (bicyclic) bond motifs is 2. The van der Waals surface area contributed by atoms with Crippen LogP contribution in [0.15, 0.2) is 42.5 Å². The van der Waals surface area contributed by atoms with Gasteiger partial charge in [-0.25, -0.2) is 0 Å². The average Bonchev–Trinajstić information content (AvgIpc) is 2.95. The fraction of sp³-hybridized carbons (Fsp3) is 0.364. The highest BCUT2D eigenvalue weighted by Gasteiger charge is 2.36. The molecule has 1 fully saturated rings. The van der Waals surface area contributed by atoms with Crippen LogP contribution in [0.3, 0.4) is 0 Å². The summed E-state index contributed by atoms with van der Waals surface area (Å²) in [6, 6.07) is 12.3. The number of ether oxygens (including phenoxy) is 3. The molecule has 2 aromatic rings. The van der Waals surface area contributed by atoms with Crippen molar-refractivity contribution < 1.29 is 28.9 Å². The maximum absolute atomic E-state index is 13.0. The maximum atomic E-state index is 13.0. The minimum Gasteiger partial charge on any atom is -0.488 e. The summed E-state index contributed by atoms with van der Waals surface area (Å²) < 4.78 is 17.1. The van der Waals surface area contributed by atoms with E-state index in [0.29, 0.717) is 35.7 Å². The number of rotatable bonds is 4. The lowest BCUT2D eigenvalue weighted by Crippen LogP contribution is -2.24. The van der Waals surface area contributed by atoms with Crippen molar-refractivity contribution in [2.24, 2.45) is 0 Å². The number of hydrogen-bond acceptors (Lipinski definition) is 5. The molecule has 28 heavy (non-hydrogen) atoms. The molecule has 2 aliphatic rings. The first-order chi connectivity index (χ1) is 13.3. The molecule has 6 nitrogen and oxygen atoms in total. The number of ketones is 1. The smallest absolute Gasteiger partial charge is 0.311 e. The quantitative estimate of drug-likeness (QED) is 0.871. The number of aliphatic carboxylic acids is 1. The van der Waals surface area contributed by atoms with Crippen molar-refractivity contribution >= 4 is 11.8 Å². The minimum atomic E-state index is -0.962. The molecular weight excluding hydrogens is 360 g/mol. The molecule has 2 aliphatic heterocycles. The third-order valence-corrected chi connectivity index (χ3v) is 5.16. The van der Waals surface area contributed by atoms with E-state index in [0.717, 1.165) is 5.56 Å². The molecular formula is C22H22O6. The van der Waals surface area contributed by atoms with E-state index in [1.54, 1.807) is 38.1 Å². The largest absolute Gasteiger partial charge is 0.488 e. The molecule has 1 N–H and O–H groups in total. The van der Waals surface area contributed by atoms with Crippen LogP contribution in [0.4, 0.5) is 0 Å². The molecule has 4 rings (SSSR count). The van der Waals surface area contributed by atoms with Gasteiger partial charge in [0, 0.05) is 11.1 Å². The summed E-state index contributed by atoms with van der Waals surface area (Å²) in [7, 11) is 0. The van der Waals surface area contributed by atoms with E-state index in [4.69, 9.17) is 14.2 Å². The van der Waals surface area contributed by atoms with Gasteiger partial charge < -0.3 is 19.3 Å². The third kappa shape index (κ3) is 3.53. The summed E-state index contributed by atoms with van der Waals surface area (Å²) >= 11 is 0. The molecule has 1 saturated heterocycles. The van der Waals surface area contributed by atoms with E-state index in [9.17, 15) is 14.7 Å². The van der Waals surface area contributed by atoms with E-state index in [1.165, 1.54) is 0 Å². The SMILES string of the molecule is CC1(C)OCC(CC(C(=O)O)c2ccc3c(c2)C(=O)c2ccccc2CO3)O1. The average molecular weight is 382 g/mol. The van der Waals surface area contributed by atoms with Crippen LogP contribution in [0.2, 0.25) is 0 Å². The van der Waals surface area contributed by atoms with Crippen molar-refractivity contribution in [1.82, 2.24) is 0 Å². The van der Waals surface area contributed by atoms with Crippen LogP contribution >= 0.6 is 0 Å². The van der Waals surface area contributed by atoms with E-state index in [-0.39, 0.29) is 18.3 Å². The Bertz CT molecular complexity index is 932. The first kappa shape index (κ1) is 18.7. The number of carboxylic acid groups (broad SMARTS) is 1. The van der Waals surface area contributed by atoms with Crippen molar-refractivity contribution in [2.75, 3.05) is 6.61 Å². The molecule has 0 amide bonds. The monoisotopic (exact) mass is 382 g/mol. The third-order valence-electron chi connectivity index (χ3n) is 5.16. The van der Waals surface area contributed by atoms with Gasteiger partial charge in [0.1, 0.15) is 12.4 Å². The summed E-state index contributed by atoms with van der Waals surface area (Å²) in [6.07, 6.45) is -0.0500. The number of benzene rings is 2. The highest BCUT2D eigenvalue weighted by atomic mass is 16.7. The summed E-state index contributed by atoms with van der Waals surface area (Å²) in [6.45, 7) is 4.26. The van der Waals surface area contributed by atoms with E-state index in [2.05, 4.69) is 0 Å². The van der Waals surface area contributed by atoms with Gasteiger partial charge in [-0.05, 0) is 38.0 Å². The lowest BCUT2D eigenvalue weighted by Gasteiger charge is -2.20. The second-order valence-electron chi connectivity index (χ2n) is 7.61. The van der Waals surface area contributed by atoms with Crippen LogP contribution in [0.5, 0.6) is 5.75 Å². The zero-order valence-electron chi connectivity index (χ0n) is 15.8. The molecule has 0 spiro atoms. The molecule has 146 valence electrons. The van der Waals surface area contributed by atoms with Crippen molar-refractivity contribution in [3.05, 3.63) is 64.7 Å². The van der Waals surface area contributed by atoms with Crippen molar-refractivity contribution in [3.63, 3.8) is 0 Å². The van der Waals surface area contributed by atoms with Crippen LogP contribution in [0, 0.1) is 0 Å². The molecule has 0 aromatic heterocycles. The van der Waals surface area contributed by atoms with Gasteiger partial charge in [-0.3, -0.25) is 9.59 Å². The topological polar surface area (TPSA) is 82.1 Å². The summed E-state index contributed by atoms with van der Waals surface area (Å²) in [5.41, 5.74) is 2.34. The van der Waals surface area contributed by atoms with Crippen LogP contribution < -0.4 is 4.74 Å². The second-order valence-corrected chi connectivity index (χ2v) is 7.61. The van der Waals surface area contributed by atoms with Crippen molar-refractivity contribution in [1.29, 1.82) is 0 Å². The van der Waals surface area contributed by atoms with Gasteiger partial charge in [-0.15, -0.1) is 0 Å². The van der Waals surface area contributed by atoms with Gasteiger partial charge in [-0.1, -0.05) is 30.3 Å². The predicted octanol–water partition coefficient (Wildman–Crippen LogP) is 3.52. The Labute approximate surface area is 163 Å². The first-order valence-electron chi connectivity index (χ1n) is 9.28. The Hall–Kier alpha value is -2.70. The Morgan fingerprint density at radius 2 is 2.00 bits per heavy atom. The number of hydrogen-bond donors (Lipinski definition) is 1. The van der Waals surface area contributed by atoms with Crippen LogP contribution in [0.25, 0.3) is 0 Å². The van der Waals surface area contributed by atoms with Gasteiger partial charge in [-0.2, -0.15) is 0 Å². The zero-order chi connectivity index (χ0) is 19.9. The second kappa shape index (κ2) is 7.04. The Morgan fingerprint density at radius 1 is 1.21 bits per heavy atom. The number of carbonyl (C=O) groups excluding carboxylic acids is 1. The predicted molar refractivity (Wildman–Crippen MR) is 101 cm³/mol. The molecule has 2 aromatic carbocycles. The lowest BCUT2D eigenvalue weighted by molar-refractivity contribution is -0.146. The van der Waals surface area contributed by atoms with Crippen molar-refractivity contribution in [2.45, 2.75) is 44.7 Å². The van der Waals surface area contributed by atoms with Crippen molar-refractivity contribution in [3.8, 4) is 5.75 Å². The first-order valence-corrected chi connectivity index (χ1v) is 9.28. The molecule has 0 radical (unpaired) electrons. The normalized spacial score (nSPS) is 21.2. The molecule has 6 heteroatoms. The minimum absolute atomic E-state index is 0.157. The van der Waals surface area contributed by atoms with Crippen LogP contribution in [-0.4, -0.2) is 35.4 Å². The van der Waals surface area contributed by atoms with Gasteiger partial charge >= 0.3 is 5.97 Å². The van der Waals surface area contributed by atoms with E-state index < -0.39 is 17.7 Å². The molecule has 0 saturated carbocycles. The fourth-order valence-corrected chi connectivity index (χ4v) is 3.76. The molecule has 0 aliphatic carbocycles. The summed E-state index contributed by atoms with van der Waals surface area (Å²) in [5, 5.41) is 9.79. The highest BCUT2D eigenvalue weighted by molar-refractivity contribution is 6.12. The van der Waals surface area contributed by atoms with E-state index in [1.807, 2.05) is 18.2 Å². The Kier molecular flexibility index (Phi) is 4.69. The Morgan fingerprint density at radius 3 is 2.71 bits per heavy atom. The fourth-order valence-electron chi connectivity index (χ4n) is 3.76. The van der Waals surface area contributed by atoms with Gasteiger partial charge in [0.05, 0.1) is 24.2 Å². The standard InChI is InChI=1S/C22H22O6/c1-22(2)27-12-15(28-22)10-17(21(24)25)13-7-8-19-18(9-13)20(23)16-6-4-3-5-14(16)11-26-19/h3-9,15,17H,10-12H2,1-2H3,(H,24,25). The van der Waals surface area contributed by atoms with E-state index >= 15 is 0 Å². The van der Waals surface area contributed by atoms with Crippen LogP contribution in [-0.2, 0) is 20.9 Å². The van der Waals surface area contributed by atoms with Crippen LogP contribution in [0.1, 0.15) is 53.2 Å². The number of carboxylic acids is 1. The summed E-state index contributed by atoms with van der Waals surface area (Å²) in [4.78, 5) is 25.0. The molecule has 2 atom stereocenters. The highest BCUT2D eigenvalue weighted by Crippen LogP contribution is 2.34. The van der Waals surface area contributed by atoms with Gasteiger partial charge in [0.2, 0.25) is 0 Å². The van der Waals surface area contributed by atoms with Gasteiger partial charge in [0.25, 0.3) is 0 Å². The number of carbonyl (C=O) groups is 2.